The Hall–Kier alpha value is -3.53. The first kappa shape index (κ1) is 21.2. The summed E-state index contributed by atoms with van der Waals surface area (Å²) in [4.78, 5) is 28.9. The number of H-pyrrole nitrogens is 1. The topological polar surface area (TPSA) is 118 Å². The number of fused-ring (bicyclic) bond motifs is 1. The minimum atomic E-state index is -0.961. The first-order valence-electron chi connectivity index (χ1n) is 9.94. The molecule has 0 radical (unpaired) electrons. The Kier molecular flexibility index (Phi) is 5.97. The number of carbonyl (C=O) groups excluding carboxylic acids is 1. The zero-order valence-electron chi connectivity index (χ0n) is 17.6. The molecule has 156 valence electrons. The molecular formula is C23H25N3O4. The van der Waals surface area contributed by atoms with Gasteiger partial charge in [-0.3, -0.25) is 4.79 Å². The smallest absolute Gasteiger partial charge is 0.338 e. The second kappa shape index (κ2) is 8.46. The summed E-state index contributed by atoms with van der Waals surface area (Å²) in [7, 11) is 0. The van der Waals surface area contributed by atoms with Gasteiger partial charge < -0.3 is 20.2 Å². The van der Waals surface area contributed by atoms with E-state index in [1.807, 2.05) is 39.0 Å². The maximum Gasteiger partial charge on any atom is 0.338 e. The van der Waals surface area contributed by atoms with Crippen molar-refractivity contribution in [1.82, 2.24) is 4.98 Å². The van der Waals surface area contributed by atoms with Crippen LogP contribution in [-0.2, 0) is 14.3 Å². The van der Waals surface area contributed by atoms with Crippen molar-refractivity contribution in [2.75, 3.05) is 6.61 Å². The van der Waals surface area contributed by atoms with Crippen LogP contribution in [0.15, 0.2) is 45.8 Å². The number of nitrogens with one attached hydrogen (secondary N) is 1. The van der Waals surface area contributed by atoms with E-state index in [0.29, 0.717) is 18.6 Å². The Morgan fingerprint density at radius 2 is 2.00 bits per heavy atom. The lowest BCUT2D eigenvalue weighted by atomic mass is 9.82. The summed E-state index contributed by atoms with van der Waals surface area (Å²) < 4.78 is 10.9. The molecule has 2 aromatic rings. The van der Waals surface area contributed by atoms with E-state index < -0.39 is 11.9 Å². The van der Waals surface area contributed by atoms with E-state index in [4.69, 9.17) is 15.2 Å². The van der Waals surface area contributed by atoms with E-state index in [9.17, 15) is 14.9 Å². The van der Waals surface area contributed by atoms with Gasteiger partial charge in [0.2, 0.25) is 5.88 Å². The average molecular weight is 407 g/mol. The molecule has 7 heteroatoms. The largest absolute Gasteiger partial charge is 0.463 e. The molecule has 7 nitrogen and oxygen atoms in total. The van der Waals surface area contributed by atoms with Crippen LogP contribution in [0.5, 0.6) is 0 Å². The van der Waals surface area contributed by atoms with Crippen LogP contribution in [0.1, 0.15) is 49.3 Å². The fraction of sp³-hybridized carbons (Fsp3) is 0.348. The van der Waals surface area contributed by atoms with Crippen LogP contribution in [0, 0.1) is 25.2 Å². The van der Waals surface area contributed by atoms with Crippen molar-refractivity contribution in [1.29, 1.82) is 5.26 Å². The van der Waals surface area contributed by atoms with Gasteiger partial charge in [-0.05, 0) is 44.4 Å². The van der Waals surface area contributed by atoms with Crippen LogP contribution in [0.2, 0.25) is 0 Å². The number of nitrogens with zero attached hydrogens (tertiary/aromatic N) is 1. The fourth-order valence-corrected chi connectivity index (χ4v) is 3.78. The number of ether oxygens (including phenoxy) is 2. The zero-order chi connectivity index (χ0) is 22.0. The molecule has 1 aromatic carbocycles. The third kappa shape index (κ3) is 3.57. The maximum atomic E-state index is 13.1. The Morgan fingerprint density at radius 1 is 1.30 bits per heavy atom. The SMILES string of the molecule is CCCC1=C(C(=O)OCC)C(c2cc3c(C)ccc(C)c3[nH]c2=O)C(C#N)=C(N)O1. The maximum absolute atomic E-state index is 13.1. The van der Waals surface area contributed by atoms with Crippen molar-refractivity contribution < 1.29 is 14.3 Å². The lowest BCUT2D eigenvalue weighted by molar-refractivity contribution is -0.139. The highest BCUT2D eigenvalue weighted by Crippen LogP contribution is 2.40. The predicted octanol–water partition coefficient (Wildman–Crippen LogP) is 3.57. The van der Waals surface area contributed by atoms with E-state index in [1.54, 1.807) is 13.0 Å². The summed E-state index contributed by atoms with van der Waals surface area (Å²) in [5.74, 6) is -1.35. The molecule has 1 unspecified atom stereocenters. The summed E-state index contributed by atoms with van der Waals surface area (Å²) in [5.41, 5.74) is 8.69. The van der Waals surface area contributed by atoms with Gasteiger partial charge in [-0.15, -0.1) is 0 Å². The van der Waals surface area contributed by atoms with Gasteiger partial charge in [0.1, 0.15) is 17.4 Å². The average Bonchev–Trinajstić information content (AvgIpc) is 2.70. The molecule has 3 N–H and O–H groups in total. The number of aromatic amines is 1. The molecule has 0 bridgehead atoms. The van der Waals surface area contributed by atoms with E-state index in [2.05, 4.69) is 4.98 Å². The molecule has 0 spiro atoms. The van der Waals surface area contributed by atoms with E-state index in [-0.39, 0.29) is 34.8 Å². The van der Waals surface area contributed by atoms with Crippen LogP contribution in [0.25, 0.3) is 10.9 Å². The number of hydrogen-bond donors (Lipinski definition) is 2. The third-order valence-electron chi connectivity index (χ3n) is 5.25. The molecular weight excluding hydrogens is 382 g/mol. The van der Waals surface area contributed by atoms with Gasteiger partial charge in [-0.2, -0.15) is 5.26 Å². The molecule has 3 rings (SSSR count). The molecule has 0 saturated heterocycles. The first-order chi connectivity index (χ1) is 14.3. The number of hydrogen-bond acceptors (Lipinski definition) is 6. The van der Waals surface area contributed by atoms with Crippen molar-refractivity contribution in [3.05, 3.63) is 68.0 Å². The number of aromatic nitrogens is 1. The molecule has 0 aliphatic carbocycles. The molecule has 0 amide bonds. The van der Waals surface area contributed by atoms with Crippen molar-refractivity contribution in [2.45, 2.75) is 46.5 Å². The summed E-state index contributed by atoms with van der Waals surface area (Å²) in [6, 6.07) is 7.66. The van der Waals surface area contributed by atoms with Crippen LogP contribution >= 0.6 is 0 Å². The molecule has 1 aliphatic rings. The summed E-state index contributed by atoms with van der Waals surface area (Å²) >= 11 is 0. The zero-order valence-corrected chi connectivity index (χ0v) is 17.6. The molecule has 0 saturated carbocycles. The summed E-state index contributed by atoms with van der Waals surface area (Å²) in [6.45, 7) is 7.63. The van der Waals surface area contributed by atoms with Crippen molar-refractivity contribution in [3.8, 4) is 6.07 Å². The highest BCUT2D eigenvalue weighted by molar-refractivity contribution is 5.93. The Morgan fingerprint density at radius 3 is 2.63 bits per heavy atom. The second-order valence-electron chi connectivity index (χ2n) is 7.27. The highest BCUT2D eigenvalue weighted by atomic mass is 16.5. The van der Waals surface area contributed by atoms with Crippen LogP contribution in [0.4, 0.5) is 0 Å². The Bertz CT molecular complexity index is 1180. The third-order valence-corrected chi connectivity index (χ3v) is 5.25. The molecule has 1 atom stereocenters. The lowest BCUT2D eigenvalue weighted by Gasteiger charge is -2.28. The number of aryl methyl sites for hydroxylation is 2. The summed E-state index contributed by atoms with van der Waals surface area (Å²) in [6.07, 6.45) is 1.11. The van der Waals surface area contributed by atoms with Gasteiger partial charge in [0, 0.05) is 17.4 Å². The monoisotopic (exact) mass is 407 g/mol. The number of rotatable bonds is 5. The van der Waals surface area contributed by atoms with Crippen molar-refractivity contribution in [2.24, 2.45) is 5.73 Å². The Balaban J connectivity index is 2.36. The van der Waals surface area contributed by atoms with Crippen LogP contribution in [0.3, 0.4) is 0 Å². The standard InChI is InChI=1S/C23H25N3O4/c1-5-7-17-19(23(28)29-6-2)18(16(11-24)21(25)30-17)15-10-14-12(3)8-9-13(4)20(14)26-22(15)27/h8-10,18H,5-7,25H2,1-4H3,(H,26,27). The van der Waals surface area contributed by atoms with Gasteiger partial charge in [0.15, 0.2) is 0 Å². The van der Waals surface area contributed by atoms with Gasteiger partial charge in [0.25, 0.3) is 5.56 Å². The number of allylic oxidation sites excluding steroid dienone is 2. The minimum Gasteiger partial charge on any atom is -0.463 e. The second-order valence-corrected chi connectivity index (χ2v) is 7.27. The number of nitrogens with two attached hydrogens (primary N) is 1. The lowest BCUT2D eigenvalue weighted by Crippen LogP contribution is -2.30. The quantitative estimate of drug-likeness (QED) is 0.732. The number of nitriles is 1. The fourth-order valence-electron chi connectivity index (χ4n) is 3.78. The Labute approximate surface area is 174 Å². The van der Waals surface area contributed by atoms with E-state index in [0.717, 1.165) is 22.0 Å². The van der Waals surface area contributed by atoms with Crippen molar-refractivity contribution >= 4 is 16.9 Å². The molecule has 30 heavy (non-hydrogen) atoms. The number of pyridine rings is 1. The predicted molar refractivity (Wildman–Crippen MR) is 113 cm³/mol. The molecule has 1 aromatic heterocycles. The van der Waals surface area contributed by atoms with Gasteiger partial charge in [0.05, 0.1) is 23.6 Å². The molecule has 0 fully saturated rings. The first-order valence-corrected chi connectivity index (χ1v) is 9.94. The van der Waals surface area contributed by atoms with Crippen molar-refractivity contribution in [3.63, 3.8) is 0 Å². The van der Waals surface area contributed by atoms with Crippen LogP contribution in [-0.4, -0.2) is 17.6 Å². The molecule has 1 aliphatic heterocycles. The van der Waals surface area contributed by atoms with Crippen LogP contribution < -0.4 is 11.3 Å². The summed E-state index contributed by atoms with van der Waals surface area (Å²) in [5, 5.41) is 10.6. The molecule has 2 heterocycles. The highest BCUT2D eigenvalue weighted by Gasteiger charge is 2.38. The van der Waals surface area contributed by atoms with Gasteiger partial charge >= 0.3 is 5.97 Å². The number of benzene rings is 1. The van der Waals surface area contributed by atoms with E-state index in [1.165, 1.54) is 0 Å². The normalized spacial score (nSPS) is 16.4. The number of carbonyl (C=O) groups is 1. The van der Waals surface area contributed by atoms with Gasteiger partial charge in [-0.25, -0.2) is 4.79 Å². The van der Waals surface area contributed by atoms with E-state index >= 15 is 0 Å². The minimum absolute atomic E-state index is 0.0214. The van der Waals surface area contributed by atoms with Gasteiger partial charge in [-0.1, -0.05) is 19.1 Å². The number of esters is 1.